The van der Waals surface area contributed by atoms with Gasteiger partial charge in [-0.1, -0.05) is 25.0 Å². The van der Waals surface area contributed by atoms with Crippen LogP contribution in [0.1, 0.15) is 41.2 Å². The van der Waals surface area contributed by atoms with Crippen LogP contribution in [0.5, 0.6) is 0 Å². The molecule has 1 saturated heterocycles. The van der Waals surface area contributed by atoms with Gasteiger partial charge in [0.05, 0.1) is 10.7 Å². The van der Waals surface area contributed by atoms with Crippen molar-refractivity contribution in [3.63, 3.8) is 0 Å². The van der Waals surface area contributed by atoms with E-state index in [9.17, 15) is 4.79 Å². The minimum Gasteiger partial charge on any atom is -0.355 e. The van der Waals surface area contributed by atoms with E-state index >= 15 is 0 Å². The second kappa shape index (κ2) is 8.48. The van der Waals surface area contributed by atoms with Crippen LogP contribution in [0.4, 0.5) is 11.5 Å². The van der Waals surface area contributed by atoms with E-state index in [1.807, 2.05) is 43.3 Å². The summed E-state index contributed by atoms with van der Waals surface area (Å²) in [6.07, 6.45) is 5.01. The normalized spacial score (nSPS) is 14.5. The van der Waals surface area contributed by atoms with E-state index in [0.29, 0.717) is 11.4 Å². The third-order valence-corrected chi connectivity index (χ3v) is 5.62. The van der Waals surface area contributed by atoms with Crippen molar-refractivity contribution in [3.8, 4) is 11.3 Å². The molecule has 2 aromatic heterocycles. The summed E-state index contributed by atoms with van der Waals surface area (Å²) < 4.78 is 0. The molecule has 0 bridgehead atoms. The SMILES string of the molecule is Cc1nc(C(=O)Nc2cccc(-c3ccc(N4CCCCCC4)nn3)c2)cs1. The average molecular weight is 394 g/mol. The van der Waals surface area contributed by atoms with Crippen LogP contribution in [-0.2, 0) is 0 Å². The first-order valence-corrected chi connectivity index (χ1v) is 10.5. The zero-order valence-electron chi connectivity index (χ0n) is 15.9. The van der Waals surface area contributed by atoms with Gasteiger partial charge in [-0.05, 0) is 44.0 Å². The number of hydrogen-bond donors (Lipinski definition) is 1. The maximum atomic E-state index is 12.3. The van der Waals surface area contributed by atoms with Gasteiger partial charge < -0.3 is 10.2 Å². The molecule has 1 fully saturated rings. The first kappa shape index (κ1) is 18.6. The zero-order valence-corrected chi connectivity index (χ0v) is 16.7. The molecule has 0 spiro atoms. The highest BCUT2D eigenvalue weighted by Crippen LogP contribution is 2.23. The largest absolute Gasteiger partial charge is 0.355 e. The summed E-state index contributed by atoms with van der Waals surface area (Å²) in [4.78, 5) is 18.9. The number of anilines is 2. The van der Waals surface area contributed by atoms with E-state index in [-0.39, 0.29) is 5.91 Å². The maximum absolute atomic E-state index is 12.3. The molecule has 0 saturated carbocycles. The van der Waals surface area contributed by atoms with Crippen molar-refractivity contribution >= 4 is 28.7 Å². The van der Waals surface area contributed by atoms with Crippen LogP contribution < -0.4 is 10.2 Å². The van der Waals surface area contributed by atoms with Crippen LogP contribution in [-0.4, -0.2) is 34.2 Å². The van der Waals surface area contributed by atoms with Crippen molar-refractivity contribution in [2.24, 2.45) is 0 Å². The van der Waals surface area contributed by atoms with Crippen molar-refractivity contribution in [3.05, 3.63) is 52.5 Å². The van der Waals surface area contributed by atoms with Gasteiger partial charge in [0, 0.05) is 29.7 Å². The van der Waals surface area contributed by atoms with E-state index in [1.165, 1.54) is 37.0 Å². The summed E-state index contributed by atoms with van der Waals surface area (Å²) in [7, 11) is 0. The number of nitrogens with one attached hydrogen (secondary N) is 1. The molecule has 1 N–H and O–H groups in total. The lowest BCUT2D eigenvalue weighted by atomic mass is 10.1. The van der Waals surface area contributed by atoms with Gasteiger partial charge in [-0.2, -0.15) is 0 Å². The zero-order chi connectivity index (χ0) is 19.3. The summed E-state index contributed by atoms with van der Waals surface area (Å²) in [5, 5.41) is 14.4. The number of carbonyl (C=O) groups excluding carboxylic acids is 1. The van der Waals surface area contributed by atoms with Gasteiger partial charge in [0.25, 0.3) is 5.91 Å². The summed E-state index contributed by atoms with van der Waals surface area (Å²) in [5.74, 6) is 0.734. The van der Waals surface area contributed by atoms with Gasteiger partial charge in [-0.3, -0.25) is 4.79 Å². The van der Waals surface area contributed by atoms with Crippen LogP contribution >= 0.6 is 11.3 Å². The van der Waals surface area contributed by atoms with Gasteiger partial charge in [0.2, 0.25) is 0 Å². The molecule has 28 heavy (non-hydrogen) atoms. The Morgan fingerprint density at radius 1 is 1.07 bits per heavy atom. The molecular weight excluding hydrogens is 370 g/mol. The Morgan fingerprint density at radius 2 is 1.89 bits per heavy atom. The van der Waals surface area contributed by atoms with Crippen molar-refractivity contribution in [2.75, 3.05) is 23.3 Å². The van der Waals surface area contributed by atoms with Crippen molar-refractivity contribution in [1.82, 2.24) is 15.2 Å². The molecule has 4 rings (SSSR count). The first-order valence-electron chi connectivity index (χ1n) is 9.62. The fourth-order valence-corrected chi connectivity index (χ4v) is 3.96. The molecule has 1 amide bonds. The smallest absolute Gasteiger partial charge is 0.275 e. The molecule has 6 nitrogen and oxygen atoms in total. The number of benzene rings is 1. The molecule has 3 heterocycles. The van der Waals surface area contributed by atoms with Crippen LogP contribution in [0.3, 0.4) is 0 Å². The monoisotopic (exact) mass is 393 g/mol. The lowest BCUT2D eigenvalue weighted by Crippen LogP contribution is -2.25. The third kappa shape index (κ3) is 4.36. The molecule has 1 aromatic carbocycles. The van der Waals surface area contributed by atoms with Crippen molar-refractivity contribution in [2.45, 2.75) is 32.6 Å². The van der Waals surface area contributed by atoms with E-state index in [2.05, 4.69) is 25.4 Å². The Bertz CT molecular complexity index is 945. The van der Waals surface area contributed by atoms with E-state index in [4.69, 9.17) is 0 Å². The Morgan fingerprint density at radius 3 is 2.57 bits per heavy atom. The molecule has 0 unspecified atom stereocenters. The summed E-state index contributed by atoms with van der Waals surface area (Å²) in [6.45, 7) is 3.98. The molecule has 1 aliphatic heterocycles. The predicted molar refractivity (Wildman–Crippen MR) is 113 cm³/mol. The molecule has 3 aromatic rings. The molecular formula is C21H23N5OS. The van der Waals surface area contributed by atoms with Gasteiger partial charge >= 0.3 is 0 Å². The average Bonchev–Trinajstić information content (AvgIpc) is 2.98. The van der Waals surface area contributed by atoms with E-state index in [0.717, 1.165) is 35.2 Å². The maximum Gasteiger partial charge on any atom is 0.275 e. The lowest BCUT2D eigenvalue weighted by molar-refractivity contribution is 0.102. The van der Waals surface area contributed by atoms with Crippen LogP contribution in [0, 0.1) is 6.92 Å². The van der Waals surface area contributed by atoms with Gasteiger partial charge in [-0.15, -0.1) is 21.5 Å². The fourth-order valence-electron chi connectivity index (χ4n) is 3.37. The molecule has 0 radical (unpaired) electrons. The Balaban J connectivity index is 1.48. The van der Waals surface area contributed by atoms with E-state index in [1.54, 1.807) is 5.38 Å². The third-order valence-electron chi connectivity index (χ3n) is 4.85. The molecule has 144 valence electrons. The fraction of sp³-hybridized carbons (Fsp3) is 0.333. The number of carbonyl (C=O) groups is 1. The standard InChI is InChI=1S/C21H23N5OS/c1-15-22-19(14-28-15)21(27)23-17-8-6-7-16(13-17)18-9-10-20(25-24-18)26-11-4-2-3-5-12-26/h6-10,13-14H,2-5,11-12H2,1H3,(H,23,27). The second-order valence-corrected chi connectivity index (χ2v) is 8.03. The number of hydrogen-bond acceptors (Lipinski definition) is 6. The first-order chi connectivity index (χ1) is 13.7. The summed E-state index contributed by atoms with van der Waals surface area (Å²) in [5.41, 5.74) is 2.86. The quantitative estimate of drug-likeness (QED) is 0.704. The number of aryl methyl sites for hydroxylation is 1. The lowest BCUT2D eigenvalue weighted by Gasteiger charge is -2.20. The number of thiazole rings is 1. The number of rotatable bonds is 4. The predicted octanol–water partition coefficient (Wildman–Crippen LogP) is 4.54. The van der Waals surface area contributed by atoms with Crippen LogP contribution in [0.2, 0.25) is 0 Å². The number of amides is 1. The Labute approximate surface area is 168 Å². The van der Waals surface area contributed by atoms with Crippen molar-refractivity contribution < 1.29 is 4.79 Å². The molecule has 1 aliphatic rings. The van der Waals surface area contributed by atoms with E-state index < -0.39 is 0 Å². The summed E-state index contributed by atoms with van der Waals surface area (Å²) in [6, 6.07) is 11.7. The van der Waals surface area contributed by atoms with Gasteiger partial charge in [0.15, 0.2) is 5.82 Å². The second-order valence-electron chi connectivity index (χ2n) is 6.96. The highest BCUT2D eigenvalue weighted by molar-refractivity contribution is 7.09. The van der Waals surface area contributed by atoms with Crippen LogP contribution in [0.25, 0.3) is 11.3 Å². The minimum atomic E-state index is -0.205. The topological polar surface area (TPSA) is 71.0 Å². The van der Waals surface area contributed by atoms with Gasteiger partial charge in [-0.25, -0.2) is 4.98 Å². The minimum absolute atomic E-state index is 0.205. The van der Waals surface area contributed by atoms with Crippen LogP contribution in [0.15, 0.2) is 41.8 Å². The molecule has 0 aliphatic carbocycles. The Hall–Kier alpha value is -2.80. The number of nitrogens with zero attached hydrogens (tertiary/aromatic N) is 4. The Kier molecular flexibility index (Phi) is 5.62. The van der Waals surface area contributed by atoms with Gasteiger partial charge in [0.1, 0.15) is 5.69 Å². The highest BCUT2D eigenvalue weighted by atomic mass is 32.1. The van der Waals surface area contributed by atoms with Crippen molar-refractivity contribution in [1.29, 1.82) is 0 Å². The summed E-state index contributed by atoms with van der Waals surface area (Å²) >= 11 is 1.46. The molecule has 7 heteroatoms. The molecule has 0 atom stereocenters. The number of aromatic nitrogens is 3. The highest BCUT2D eigenvalue weighted by Gasteiger charge is 2.13.